The topological polar surface area (TPSA) is 43.7 Å². The van der Waals surface area contributed by atoms with E-state index in [-0.39, 0.29) is 0 Å². The van der Waals surface area contributed by atoms with Crippen molar-refractivity contribution in [1.82, 2.24) is 0 Å². The van der Waals surface area contributed by atoms with Gasteiger partial charge in [-0.05, 0) is 51.0 Å². The minimum Gasteiger partial charge on any atom is -0.374 e. The van der Waals surface area contributed by atoms with Crippen molar-refractivity contribution in [3.8, 4) is 0 Å². The van der Waals surface area contributed by atoms with E-state index < -0.39 is 12.5 Å². The second kappa shape index (κ2) is 4.64. The molecule has 0 aromatic heterocycles. The Balaban J connectivity index is 3.11. The van der Waals surface area contributed by atoms with E-state index in [0.717, 1.165) is 16.8 Å². The number of anilines is 1. The van der Waals surface area contributed by atoms with Crippen LogP contribution in [-0.2, 0) is 0 Å². The van der Waals surface area contributed by atoms with Crippen molar-refractivity contribution >= 4 is 5.69 Å². The molecule has 2 unspecified atom stereocenters. The van der Waals surface area contributed by atoms with E-state index in [9.17, 15) is 10.2 Å². The van der Waals surface area contributed by atoms with E-state index in [1.807, 2.05) is 26.0 Å². The van der Waals surface area contributed by atoms with Gasteiger partial charge < -0.3 is 15.1 Å². The molecule has 0 saturated heterocycles. The number of benzene rings is 1. The van der Waals surface area contributed by atoms with Crippen LogP contribution in [0.2, 0.25) is 0 Å². The standard InChI is InChI=1S/C12H19NO2/c1-8-5-9(2)7-12(6-8)13(10(3)14)11(4)15/h5-7,10-11,14-15H,1-4H3. The molecule has 1 rings (SSSR count). The summed E-state index contributed by atoms with van der Waals surface area (Å²) in [7, 11) is 0. The molecule has 3 heteroatoms. The highest BCUT2D eigenvalue weighted by Gasteiger charge is 2.16. The average Bonchev–Trinajstić information content (AvgIpc) is 1.99. The molecule has 3 nitrogen and oxygen atoms in total. The highest BCUT2D eigenvalue weighted by Crippen LogP contribution is 2.21. The molecule has 2 N–H and O–H groups in total. The van der Waals surface area contributed by atoms with Crippen LogP contribution in [0.15, 0.2) is 18.2 Å². The van der Waals surface area contributed by atoms with Gasteiger partial charge in [-0.3, -0.25) is 0 Å². The first kappa shape index (κ1) is 12.0. The lowest BCUT2D eigenvalue weighted by atomic mass is 10.1. The highest BCUT2D eigenvalue weighted by atomic mass is 16.3. The molecule has 0 aliphatic rings. The number of rotatable bonds is 3. The van der Waals surface area contributed by atoms with Crippen LogP contribution in [0.3, 0.4) is 0 Å². The molecule has 84 valence electrons. The summed E-state index contributed by atoms with van der Waals surface area (Å²) < 4.78 is 0. The molecular formula is C12H19NO2. The summed E-state index contributed by atoms with van der Waals surface area (Å²) in [6, 6.07) is 5.96. The van der Waals surface area contributed by atoms with E-state index in [4.69, 9.17) is 0 Å². The second-order valence-electron chi connectivity index (χ2n) is 4.02. The lowest BCUT2D eigenvalue weighted by Gasteiger charge is -2.31. The van der Waals surface area contributed by atoms with E-state index in [1.165, 1.54) is 0 Å². The zero-order valence-electron chi connectivity index (χ0n) is 9.73. The Bertz CT molecular complexity index is 306. The molecule has 0 bridgehead atoms. The number of aliphatic hydroxyl groups is 2. The van der Waals surface area contributed by atoms with Gasteiger partial charge in [0.25, 0.3) is 0 Å². The van der Waals surface area contributed by atoms with Gasteiger partial charge in [-0.1, -0.05) is 6.07 Å². The molecule has 0 aliphatic heterocycles. The normalized spacial score (nSPS) is 14.8. The Morgan fingerprint density at radius 1 is 0.933 bits per heavy atom. The third kappa shape index (κ3) is 2.94. The first-order valence-electron chi connectivity index (χ1n) is 5.14. The van der Waals surface area contributed by atoms with Crippen molar-refractivity contribution in [2.75, 3.05) is 4.90 Å². The minimum atomic E-state index is -0.703. The zero-order valence-corrected chi connectivity index (χ0v) is 9.73. The highest BCUT2D eigenvalue weighted by molar-refractivity contribution is 5.51. The van der Waals surface area contributed by atoms with Crippen LogP contribution < -0.4 is 4.90 Å². The predicted octanol–water partition coefficient (Wildman–Crippen LogP) is 1.79. The molecule has 0 aliphatic carbocycles. The fourth-order valence-electron chi connectivity index (χ4n) is 1.84. The third-order valence-electron chi connectivity index (χ3n) is 2.31. The molecule has 15 heavy (non-hydrogen) atoms. The first-order valence-corrected chi connectivity index (χ1v) is 5.14. The van der Waals surface area contributed by atoms with Crippen molar-refractivity contribution in [2.45, 2.75) is 40.2 Å². The first-order chi connectivity index (χ1) is 6.91. The van der Waals surface area contributed by atoms with Gasteiger partial charge in [0.2, 0.25) is 0 Å². The van der Waals surface area contributed by atoms with Crippen LogP contribution in [0.5, 0.6) is 0 Å². The van der Waals surface area contributed by atoms with Crippen molar-refractivity contribution < 1.29 is 10.2 Å². The molecule has 0 saturated carbocycles. The number of hydrogen-bond acceptors (Lipinski definition) is 3. The number of hydrogen-bond donors (Lipinski definition) is 2. The smallest absolute Gasteiger partial charge is 0.126 e. The summed E-state index contributed by atoms with van der Waals surface area (Å²) >= 11 is 0. The SMILES string of the molecule is Cc1cc(C)cc(N(C(C)O)C(C)O)c1. The molecule has 2 atom stereocenters. The van der Waals surface area contributed by atoms with E-state index >= 15 is 0 Å². The largest absolute Gasteiger partial charge is 0.374 e. The van der Waals surface area contributed by atoms with Gasteiger partial charge in [0, 0.05) is 5.69 Å². The summed E-state index contributed by atoms with van der Waals surface area (Å²) in [5, 5.41) is 19.2. The van der Waals surface area contributed by atoms with Gasteiger partial charge in [-0.25, -0.2) is 0 Å². The fourth-order valence-corrected chi connectivity index (χ4v) is 1.84. The van der Waals surface area contributed by atoms with Crippen LogP contribution in [0.25, 0.3) is 0 Å². The third-order valence-corrected chi connectivity index (χ3v) is 2.31. The van der Waals surface area contributed by atoms with Crippen LogP contribution in [0.4, 0.5) is 5.69 Å². The summed E-state index contributed by atoms with van der Waals surface area (Å²) in [5.74, 6) is 0. The Hall–Kier alpha value is -1.06. The molecule has 1 aromatic carbocycles. The van der Waals surface area contributed by atoms with Gasteiger partial charge in [0.05, 0.1) is 0 Å². The molecule has 0 spiro atoms. The summed E-state index contributed by atoms with van der Waals surface area (Å²) in [4.78, 5) is 1.57. The molecule has 0 heterocycles. The molecule has 0 fully saturated rings. The number of nitrogens with zero attached hydrogens (tertiary/aromatic N) is 1. The monoisotopic (exact) mass is 209 g/mol. The van der Waals surface area contributed by atoms with Crippen LogP contribution in [0.1, 0.15) is 25.0 Å². The molecular weight excluding hydrogens is 190 g/mol. The Labute approximate surface area is 91.0 Å². The lowest BCUT2D eigenvalue weighted by molar-refractivity contribution is 0.105. The molecule has 0 radical (unpaired) electrons. The van der Waals surface area contributed by atoms with Crippen LogP contribution >= 0.6 is 0 Å². The van der Waals surface area contributed by atoms with E-state index in [1.54, 1.807) is 18.7 Å². The van der Waals surface area contributed by atoms with Gasteiger partial charge in [-0.15, -0.1) is 0 Å². The van der Waals surface area contributed by atoms with Crippen molar-refractivity contribution in [3.63, 3.8) is 0 Å². The maximum Gasteiger partial charge on any atom is 0.126 e. The maximum atomic E-state index is 9.58. The second-order valence-corrected chi connectivity index (χ2v) is 4.02. The number of aryl methyl sites for hydroxylation is 2. The lowest BCUT2D eigenvalue weighted by Crippen LogP contribution is -2.40. The Morgan fingerprint density at radius 3 is 1.67 bits per heavy atom. The van der Waals surface area contributed by atoms with Crippen molar-refractivity contribution in [2.24, 2.45) is 0 Å². The molecule has 0 amide bonds. The zero-order chi connectivity index (χ0) is 11.6. The van der Waals surface area contributed by atoms with Crippen LogP contribution in [-0.4, -0.2) is 22.7 Å². The Morgan fingerprint density at radius 2 is 1.33 bits per heavy atom. The summed E-state index contributed by atoms with van der Waals surface area (Å²) in [6.45, 7) is 7.28. The average molecular weight is 209 g/mol. The predicted molar refractivity (Wildman–Crippen MR) is 61.8 cm³/mol. The summed E-state index contributed by atoms with van der Waals surface area (Å²) in [6.07, 6.45) is -1.41. The van der Waals surface area contributed by atoms with Gasteiger partial charge in [-0.2, -0.15) is 0 Å². The quantitative estimate of drug-likeness (QED) is 0.746. The van der Waals surface area contributed by atoms with E-state index in [0.29, 0.717) is 0 Å². The van der Waals surface area contributed by atoms with Gasteiger partial charge >= 0.3 is 0 Å². The summed E-state index contributed by atoms with van der Waals surface area (Å²) in [5.41, 5.74) is 3.09. The fraction of sp³-hybridized carbons (Fsp3) is 0.500. The van der Waals surface area contributed by atoms with Crippen molar-refractivity contribution in [1.29, 1.82) is 0 Å². The maximum absolute atomic E-state index is 9.58. The Kier molecular flexibility index (Phi) is 3.72. The van der Waals surface area contributed by atoms with Crippen LogP contribution in [0, 0.1) is 13.8 Å². The molecule has 1 aromatic rings. The minimum absolute atomic E-state index is 0.703. The van der Waals surface area contributed by atoms with Crippen molar-refractivity contribution in [3.05, 3.63) is 29.3 Å². The van der Waals surface area contributed by atoms with Gasteiger partial charge in [0.1, 0.15) is 12.5 Å². The number of aliphatic hydroxyl groups excluding tert-OH is 2. The van der Waals surface area contributed by atoms with E-state index in [2.05, 4.69) is 6.07 Å². The van der Waals surface area contributed by atoms with Gasteiger partial charge in [0.15, 0.2) is 0 Å².